The number of rotatable bonds is 6. The average molecular weight is 595 g/mol. The van der Waals surface area contributed by atoms with Gasteiger partial charge in [-0.15, -0.1) is 0 Å². The van der Waals surface area contributed by atoms with Gasteiger partial charge in [0, 0.05) is 17.7 Å². The molecule has 0 aliphatic carbocycles. The molecule has 0 amide bonds. The lowest BCUT2D eigenvalue weighted by Gasteiger charge is -2.42. The third-order valence-electron chi connectivity index (χ3n) is 7.21. The van der Waals surface area contributed by atoms with E-state index in [9.17, 15) is 50.8 Å². The Labute approximate surface area is 236 Å². The summed E-state index contributed by atoms with van der Waals surface area (Å²) in [6.07, 6.45) is -15.8. The Hall–Kier alpha value is -3.51. The smallest absolute Gasteiger partial charge is 0.229 e. The maximum atomic E-state index is 12.9. The van der Waals surface area contributed by atoms with Crippen LogP contribution in [-0.2, 0) is 14.2 Å². The van der Waals surface area contributed by atoms with Crippen molar-refractivity contribution in [3.05, 3.63) is 46.6 Å². The van der Waals surface area contributed by atoms with Gasteiger partial charge in [-0.05, 0) is 31.2 Å². The molecule has 2 fully saturated rings. The van der Waals surface area contributed by atoms with E-state index in [4.69, 9.17) is 23.4 Å². The maximum Gasteiger partial charge on any atom is 0.229 e. The molecule has 9 N–H and O–H groups in total. The molecule has 3 heterocycles. The molecular formula is C27H30O15. The number of phenols is 3. The summed E-state index contributed by atoms with van der Waals surface area (Å²) in [4.78, 5) is 12.9. The van der Waals surface area contributed by atoms with E-state index in [0.717, 1.165) is 12.1 Å². The number of fused-ring (bicyclic) bond motifs is 1. The Morgan fingerprint density at radius 3 is 2.12 bits per heavy atom. The summed E-state index contributed by atoms with van der Waals surface area (Å²) in [6.45, 7) is 0.866. The predicted molar refractivity (Wildman–Crippen MR) is 139 cm³/mol. The number of aromatic hydroxyl groups is 3. The van der Waals surface area contributed by atoms with Crippen LogP contribution in [0.4, 0.5) is 0 Å². The quantitative estimate of drug-likeness (QED) is 0.159. The van der Waals surface area contributed by atoms with Crippen molar-refractivity contribution in [3.8, 4) is 34.3 Å². The first-order valence-corrected chi connectivity index (χ1v) is 12.9. The van der Waals surface area contributed by atoms with Crippen molar-refractivity contribution >= 4 is 11.0 Å². The predicted octanol–water partition coefficient (Wildman–Crippen LogP) is -1.39. The van der Waals surface area contributed by atoms with E-state index < -0.39 is 90.7 Å². The molecule has 5 rings (SSSR count). The van der Waals surface area contributed by atoms with Crippen LogP contribution in [0, 0.1) is 0 Å². The Morgan fingerprint density at radius 1 is 0.786 bits per heavy atom. The van der Waals surface area contributed by atoms with Crippen LogP contribution < -0.4 is 10.2 Å². The van der Waals surface area contributed by atoms with E-state index in [1.165, 1.54) is 31.2 Å². The highest BCUT2D eigenvalue weighted by Gasteiger charge is 2.47. The Balaban J connectivity index is 1.37. The topological polar surface area (TPSA) is 249 Å². The molecule has 0 saturated carbocycles. The van der Waals surface area contributed by atoms with Crippen LogP contribution in [0.15, 0.2) is 45.6 Å². The molecular weight excluding hydrogens is 564 g/mol. The molecule has 228 valence electrons. The molecule has 15 heteroatoms. The lowest BCUT2D eigenvalue weighted by molar-refractivity contribution is -0.318. The summed E-state index contributed by atoms with van der Waals surface area (Å²) in [5.41, 5.74) is -0.509. The lowest BCUT2D eigenvalue weighted by Crippen LogP contribution is -2.61. The highest BCUT2D eigenvalue weighted by Crippen LogP contribution is 2.43. The Kier molecular flexibility index (Phi) is 8.30. The average Bonchev–Trinajstić information content (AvgIpc) is 2.95. The molecule has 2 aromatic carbocycles. The molecule has 0 spiro atoms. The van der Waals surface area contributed by atoms with Crippen molar-refractivity contribution in [2.45, 2.75) is 68.3 Å². The van der Waals surface area contributed by atoms with E-state index in [2.05, 4.69) is 0 Å². The number of aliphatic hydroxyl groups excluding tert-OH is 6. The van der Waals surface area contributed by atoms with E-state index in [1.807, 2.05) is 0 Å². The minimum Gasteiger partial charge on any atom is -0.508 e. The van der Waals surface area contributed by atoms with Gasteiger partial charge in [0.25, 0.3) is 0 Å². The fourth-order valence-electron chi connectivity index (χ4n) is 4.76. The summed E-state index contributed by atoms with van der Waals surface area (Å²) < 4.78 is 27.4. The number of aliphatic hydroxyl groups is 6. The summed E-state index contributed by atoms with van der Waals surface area (Å²) >= 11 is 0. The SMILES string of the molecule is C[C@@H]1O[C@@H](OC[C@H]2O[C@@H](Oc3c(O)cc4oc(-c5ccc(O)cc5)cc(=O)c4c3O)[C@H](O)[C@@H](O)[C@@H]2O)[C@H](O)[C@H](O)[C@H]1O. The summed E-state index contributed by atoms with van der Waals surface area (Å²) in [7, 11) is 0. The van der Waals surface area contributed by atoms with Crippen LogP contribution in [-0.4, -0.2) is 114 Å². The van der Waals surface area contributed by atoms with Gasteiger partial charge in [-0.25, -0.2) is 0 Å². The largest absolute Gasteiger partial charge is 0.508 e. The summed E-state index contributed by atoms with van der Waals surface area (Å²) in [6, 6.07) is 7.80. The van der Waals surface area contributed by atoms with Gasteiger partial charge >= 0.3 is 0 Å². The number of phenolic OH excluding ortho intramolecular Hbond substituents is 3. The molecule has 10 atom stereocenters. The first-order chi connectivity index (χ1) is 19.9. The van der Waals surface area contributed by atoms with Gasteiger partial charge in [0.15, 0.2) is 23.2 Å². The molecule has 0 radical (unpaired) electrons. The van der Waals surface area contributed by atoms with E-state index in [-0.39, 0.29) is 22.5 Å². The molecule has 42 heavy (non-hydrogen) atoms. The minimum absolute atomic E-state index is 0.00864. The van der Waals surface area contributed by atoms with Crippen molar-refractivity contribution < 1.29 is 69.3 Å². The van der Waals surface area contributed by atoms with E-state index in [0.29, 0.717) is 5.56 Å². The molecule has 3 aromatic rings. The zero-order valence-corrected chi connectivity index (χ0v) is 21.9. The van der Waals surface area contributed by atoms with Crippen LogP contribution in [0.1, 0.15) is 6.92 Å². The van der Waals surface area contributed by atoms with Gasteiger partial charge in [-0.2, -0.15) is 0 Å². The van der Waals surface area contributed by atoms with Crippen LogP contribution in [0.2, 0.25) is 0 Å². The molecule has 0 unspecified atom stereocenters. The van der Waals surface area contributed by atoms with Crippen molar-refractivity contribution in [3.63, 3.8) is 0 Å². The van der Waals surface area contributed by atoms with Crippen LogP contribution in [0.5, 0.6) is 23.0 Å². The number of ether oxygens (including phenoxy) is 4. The molecule has 0 bridgehead atoms. The zero-order valence-electron chi connectivity index (χ0n) is 21.9. The van der Waals surface area contributed by atoms with Gasteiger partial charge < -0.3 is 69.3 Å². The van der Waals surface area contributed by atoms with Crippen LogP contribution in [0.25, 0.3) is 22.3 Å². The number of benzene rings is 2. The van der Waals surface area contributed by atoms with Gasteiger partial charge in [0.2, 0.25) is 12.0 Å². The normalized spacial score (nSPS) is 33.5. The van der Waals surface area contributed by atoms with Crippen molar-refractivity contribution in [2.75, 3.05) is 6.61 Å². The summed E-state index contributed by atoms with van der Waals surface area (Å²) in [5.74, 6) is -2.22. The maximum absolute atomic E-state index is 12.9. The Bertz CT molecular complexity index is 1470. The van der Waals surface area contributed by atoms with Crippen LogP contribution >= 0.6 is 0 Å². The molecule has 2 aliphatic rings. The second-order valence-electron chi connectivity index (χ2n) is 10.1. The Morgan fingerprint density at radius 2 is 1.43 bits per heavy atom. The molecule has 1 aromatic heterocycles. The summed E-state index contributed by atoms with van der Waals surface area (Å²) in [5, 5.41) is 91.8. The fraction of sp³-hybridized carbons (Fsp3) is 0.444. The second-order valence-corrected chi connectivity index (χ2v) is 10.1. The molecule has 2 saturated heterocycles. The van der Waals surface area contributed by atoms with Crippen molar-refractivity contribution in [2.24, 2.45) is 0 Å². The standard InChI is InChI=1S/C27H30O15/c1-9-18(31)21(34)23(36)26(39-9)38-8-16-19(32)22(35)24(37)27(41-16)42-25-13(30)7-15-17(20(25)33)12(29)6-14(40-15)10-2-4-11(28)5-3-10/h2-7,9,16,18-19,21-24,26-28,30-37H,8H2,1H3/t9-,16+,18-,19+,21+,22-,23+,24+,26+,27-/m0/s1. The number of hydrogen-bond donors (Lipinski definition) is 9. The first-order valence-electron chi connectivity index (χ1n) is 12.9. The lowest BCUT2D eigenvalue weighted by atomic mass is 9.98. The van der Waals surface area contributed by atoms with E-state index in [1.54, 1.807) is 0 Å². The van der Waals surface area contributed by atoms with Gasteiger partial charge in [-0.3, -0.25) is 4.79 Å². The third-order valence-corrected chi connectivity index (χ3v) is 7.21. The molecule has 15 nitrogen and oxygen atoms in total. The van der Waals surface area contributed by atoms with Crippen molar-refractivity contribution in [1.29, 1.82) is 0 Å². The first kappa shape index (κ1) is 30.0. The highest BCUT2D eigenvalue weighted by molar-refractivity contribution is 5.89. The monoisotopic (exact) mass is 594 g/mol. The third kappa shape index (κ3) is 5.49. The zero-order chi connectivity index (χ0) is 30.5. The molecule has 2 aliphatic heterocycles. The second kappa shape index (κ2) is 11.6. The van der Waals surface area contributed by atoms with Gasteiger partial charge in [0.1, 0.15) is 65.2 Å². The minimum atomic E-state index is -1.91. The van der Waals surface area contributed by atoms with Gasteiger partial charge in [-0.1, -0.05) is 0 Å². The van der Waals surface area contributed by atoms with Crippen molar-refractivity contribution in [1.82, 2.24) is 0 Å². The fourth-order valence-corrected chi connectivity index (χ4v) is 4.76. The van der Waals surface area contributed by atoms with E-state index >= 15 is 0 Å². The van der Waals surface area contributed by atoms with Crippen LogP contribution in [0.3, 0.4) is 0 Å². The van der Waals surface area contributed by atoms with Gasteiger partial charge in [0.05, 0.1) is 12.7 Å². The number of hydrogen-bond acceptors (Lipinski definition) is 15. The highest BCUT2D eigenvalue weighted by atomic mass is 16.7.